The molecular weight excluding hydrogens is 681 g/mol. The summed E-state index contributed by atoms with van der Waals surface area (Å²) in [7, 11) is 0. The summed E-state index contributed by atoms with van der Waals surface area (Å²) >= 11 is 4.25. The fraction of sp³-hybridized carbons (Fsp3) is 0. The Morgan fingerprint density at radius 3 is 2.17 bits per heavy atom. The van der Waals surface area contributed by atoms with Gasteiger partial charge in [0.25, 0.3) is 0 Å². The number of hydrogen-bond acceptors (Lipinski definition) is 1. The minimum absolute atomic E-state index is 0. The molecule has 0 aliphatic rings. The Balaban J connectivity index is 0.000000180. The molecule has 35 heavy (non-hydrogen) atoms. The van der Waals surface area contributed by atoms with Crippen molar-refractivity contribution in [3.05, 3.63) is 119 Å². The van der Waals surface area contributed by atoms with Crippen molar-refractivity contribution in [2.75, 3.05) is 0 Å². The van der Waals surface area contributed by atoms with Crippen LogP contribution in [0.1, 0.15) is 0 Å². The van der Waals surface area contributed by atoms with Crippen LogP contribution in [0.2, 0.25) is 0 Å². The topological polar surface area (TPSA) is 0 Å². The van der Waals surface area contributed by atoms with Crippen molar-refractivity contribution in [3.63, 3.8) is 0 Å². The summed E-state index contributed by atoms with van der Waals surface area (Å²) in [6, 6.07) is 41.4. The quantitative estimate of drug-likeness (QED) is 0.181. The van der Waals surface area contributed by atoms with Gasteiger partial charge in [-0.15, -0.1) is 68.8 Å². The summed E-state index contributed by atoms with van der Waals surface area (Å²) in [4.78, 5) is 0. The third-order valence-electron chi connectivity index (χ3n) is 5.91. The molecular formula is C30H19Cl2ISZr. The molecule has 0 atom stereocenters. The second kappa shape index (κ2) is 12.2. The Labute approximate surface area is 254 Å². The summed E-state index contributed by atoms with van der Waals surface area (Å²) in [6.07, 6.45) is 0. The molecule has 0 fully saturated rings. The molecule has 0 N–H and O–H groups in total. The minimum Gasteiger partial charge on any atom is -1.00 e. The van der Waals surface area contributed by atoms with Gasteiger partial charge in [-0.1, -0.05) is 118 Å². The second-order valence-electron chi connectivity index (χ2n) is 7.99. The molecule has 1 aromatic heterocycles. The van der Waals surface area contributed by atoms with Crippen LogP contribution in [0.5, 0.6) is 0 Å². The first-order chi connectivity index (χ1) is 15.7. The number of rotatable bonds is 1. The molecule has 6 aromatic carbocycles. The first-order valence-electron chi connectivity index (χ1n) is 10.6. The summed E-state index contributed by atoms with van der Waals surface area (Å²) in [6.45, 7) is 0. The van der Waals surface area contributed by atoms with Gasteiger partial charge < -0.3 is 24.8 Å². The van der Waals surface area contributed by atoms with Crippen LogP contribution in [0.25, 0.3) is 52.8 Å². The van der Waals surface area contributed by atoms with E-state index in [1.165, 1.54) is 56.4 Å². The monoisotopic (exact) mass is 698 g/mol. The van der Waals surface area contributed by atoms with E-state index in [-0.39, 0.29) is 51.0 Å². The van der Waals surface area contributed by atoms with E-state index in [1.807, 2.05) is 11.3 Å². The van der Waals surface area contributed by atoms with Gasteiger partial charge in [0, 0.05) is 4.70 Å². The Morgan fingerprint density at radius 2 is 1.37 bits per heavy atom. The van der Waals surface area contributed by atoms with Crippen molar-refractivity contribution in [2.24, 2.45) is 0 Å². The molecule has 170 valence electrons. The molecule has 4 bridgehead atoms. The largest absolute Gasteiger partial charge is 4.00 e. The third kappa shape index (κ3) is 5.76. The average molecular weight is 701 g/mol. The van der Waals surface area contributed by atoms with E-state index in [0.717, 1.165) is 0 Å². The Kier molecular flexibility index (Phi) is 9.77. The van der Waals surface area contributed by atoms with Gasteiger partial charge in [-0.3, -0.25) is 0 Å². The molecule has 0 radical (unpaired) electrons. The molecule has 5 heteroatoms. The molecule has 0 aliphatic heterocycles. The van der Waals surface area contributed by atoms with Crippen LogP contribution in [-0.2, 0) is 26.2 Å². The van der Waals surface area contributed by atoms with Crippen LogP contribution in [0, 0.1) is 3.57 Å². The van der Waals surface area contributed by atoms with Crippen molar-refractivity contribution >= 4 is 75.6 Å². The predicted molar refractivity (Wildman–Crippen MR) is 150 cm³/mol. The first-order valence-corrected chi connectivity index (χ1v) is 12.5. The molecule has 0 nitrogen and oxygen atoms in total. The van der Waals surface area contributed by atoms with Crippen LogP contribution >= 0.6 is 33.9 Å². The maximum atomic E-state index is 2.39. The molecule has 0 unspecified atom stereocenters. The van der Waals surface area contributed by atoms with Gasteiger partial charge in [-0.25, -0.2) is 0 Å². The smallest absolute Gasteiger partial charge is 1.00 e. The molecule has 0 amide bonds. The zero-order chi connectivity index (χ0) is 21.5. The molecule has 0 saturated carbocycles. The number of hydrogen-bond donors (Lipinski definition) is 0. The number of benzene rings is 4. The van der Waals surface area contributed by atoms with Crippen LogP contribution in [0.4, 0.5) is 0 Å². The van der Waals surface area contributed by atoms with Crippen LogP contribution in [0.3, 0.4) is 0 Å². The van der Waals surface area contributed by atoms with Gasteiger partial charge in [0.15, 0.2) is 0 Å². The van der Waals surface area contributed by atoms with Crippen molar-refractivity contribution in [1.82, 2.24) is 0 Å². The maximum Gasteiger partial charge on any atom is 4.00 e. The van der Waals surface area contributed by atoms with E-state index in [1.54, 1.807) is 0 Å². The number of halogens is 3. The van der Waals surface area contributed by atoms with Crippen LogP contribution < -0.4 is 24.8 Å². The molecule has 7 rings (SSSR count). The normalized spacial score (nSPS) is 10.3. The minimum atomic E-state index is 0. The third-order valence-corrected chi connectivity index (χ3v) is 7.92. The molecule has 7 aromatic rings. The van der Waals surface area contributed by atoms with Gasteiger partial charge in [-0.05, 0) is 14.3 Å². The van der Waals surface area contributed by atoms with Crippen LogP contribution in [-0.4, -0.2) is 0 Å². The van der Waals surface area contributed by atoms with E-state index in [2.05, 4.69) is 138 Å². The van der Waals surface area contributed by atoms with E-state index in [4.69, 9.17) is 0 Å². The van der Waals surface area contributed by atoms with Gasteiger partial charge in [0.1, 0.15) is 0 Å². The summed E-state index contributed by atoms with van der Waals surface area (Å²) in [5, 5.41) is 8.07. The van der Waals surface area contributed by atoms with Crippen molar-refractivity contribution in [1.29, 1.82) is 0 Å². The van der Waals surface area contributed by atoms with Crippen molar-refractivity contribution in [3.8, 4) is 11.1 Å². The van der Waals surface area contributed by atoms with Crippen LogP contribution in [0.15, 0.2) is 115 Å². The first kappa shape index (κ1) is 28.1. The van der Waals surface area contributed by atoms with Gasteiger partial charge >= 0.3 is 26.2 Å². The van der Waals surface area contributed by atoms with Gasteiger partial charge in [0.2, 0.25) is 0 Å². The van der Waals surface area contributed by atoms with E-state index in [0.29, 0.717) is 0 Å². The Morgan fingerprint density at radius 1 is 0.629 bits per heavy atom. The fourth-order valence-electron chi connectivity index (χ4n) is 4.32. The molecule has 0 aliphatic carbocycles. The molecule has 0 spiro atoms. The Bertz CT molecular complexity index is 1700. The predicted octanol–water partition coefficient (Wildman–Crippen LogP) is 3.76. The van der Waals surface area contributed by atoms with E-state index in [9.17, 15) is 0 Å². The summed E-state index contributed by atoms with van der Waals surface area (Å²) in [5.74, 6) is 0. The standard InChI is InChI=1S/C15H10I.C15H9S.2ClH.Zr/c16-15-8-4-7-12-9-13(10-14(12)15)11-5-2-1-3-6-11;1-3-10-8-13(5-1)16-15-6-2-4-11-7-12(10)9-14(11)15;;;/h1-10H;1-9H;2*1H;/q2*-1;;;+4/p-2. The van der Waals surface area contributed by atoms with E-state index < -0.39 is 0 Å². The fourth-order valence-corrected chi connectivity index (χ4v) is 6.02. The van der Waals surface area contributed by atoms with Gasteiger partial charge in [0.05, 0.1) is 0 Å². The average Bonchev–Trinajstić information content (AvgIpc) is 3.46. The Hall–Kier alpha value is -1.49. The molecule has 1 heterocycles. The number of fused-ring (bicyclic) bond motifs is 5. The summed E-state index contributed by atoms with van der Waals surface area (Å²) < 4.78 is 4.01. The maximum absolute atomic E-state index is 2.39. The SMILES string of the molecule is Ic1cccc2cc(-c3ccccc3)[cH-]c12.[Cl-].[Cl-].[Zr+4].c1cc2cc(c1)c1cc3c(cccc3s2)[cH-]1. The zero-order valence-corrected chi connectivity index (χ0v) is 25.5. The summed E-state index contributed by atoms with van der Waals surface area (Å²) in [5.41, 5.74) is 2.59. The second-order valence-corrected chi connectivity index (χ2v) is 10.3. The van der Waals surface area contributed by atoms with E-state index >= 15 is 0 Å². The van der Waals surface area contributed by atoms with Crippen molar-refractivity contribution < 1.29 is 51.0 Å². The van der Waals surface area contributed by atoms with Crippen molar-refractivity contribution in [2.45, 2.75) is 0 Å². The zero-order valence-electron chi connectivity index (χ0n) is 18.5. The molecule has 0 saturated heterocycles. The van der Waals surface area contributed by atoms with Gasteiger partial charge in [-0.2, -0.15) is 0 Å².